The minimum atomic E-state index is -1.51. The van der Waals surface area contributed by atoms with Crippen molar-refractivity contribution in [2.75, 3.05) is 7.05 Å². The van der Waals surface area contributed by atoms with E-state index >= 15 is 0 Å². The average molecular weight is 347 g/mol. The Kier molecular flexibility index (Phi) is 3.48. The lowest BCUT2D eigenvalue weighted by molar-refractivity contribution is 0.162. The third kappa shape index (κ3) is 1.89. The summed E-state index contributed by atoms with van der Waals surface area (Å²) in [6, 6.07) is 11.0. The topological polar surface area (TPSA) is 101 Å². The number of nitriles is 3. The van der Waals surface area contributed by atoms with Crippen LogP contribution in [0.4, 0.5) is 0 Å². The second-order valence-corrected chi connectivity index (χ2v) is 7.93. The monoisotopic (exact) mass is 347 g/mol. The van der Waals surface area contributed by atoms with Gasteiger partial charge >= 0.3 is 0 Å². The minimum absolute atomic E-state index is 0.0661. The lowest BCUT2D eigenvalue weighted by atomic mass is 9.58. The first-order valence-corrected chi connectivity index (χ1v) is 9.17. The maximum absolute atomic E-state index is 10.00. The Bertz CT molecular complexity index is 891. The van der Waals surface area contributed by atoms with Crippen LogP contribution in [0.15, 0.2) is 40.4 Å². The number of nitrogens with two attached hydrogens (primary N) is 1. The number of fused-ring (bicyclic) bond motifs is 4. The maximum atomic E-state index is 10.00. The van der Waals surface area contributed by atoms with Crippen LogP contribution in [0.25, 0.3) is 0 Å². The van der Waals surface area contributed by atoms with Crippen LogP contribution in [0.3, 0.4) is 0 Å². The van der Waals surface area contributed by atoms with Crippen LogP contribution in [0.2, 0.25) is 0 Å². The molecule has 0 aromatic carbocycles. The molecule has 6 heteroatoms. The van der Waals surface area contributed by atoms with Gasteiger partial charge in [-0.25, -0.2) is 0 Å². The second kappa shape index (κ2) is 5.46. The lowest BCUT2D eigenvalue weighted by Gasteiger charge is -2.47. The number of likely N-dealkylation sites (N-methyl/N-ethyl adjacent to an activating group) is 1. The molecule has 124 valence electrons. The quantitative estimate of drug-likeness (QED) is 0.841. The van der Waals surface area contributed by atoms with E-state index in [1.54, 1.807) is 11.3 Å². The minimum Gasteiger partial charge on any atom is -0.399 e. The predicted octanol–water partition coefficient (Wildman–Crippen LogP) is 2.63. The molecule has 3 heterocycles. The molecule has 2 aliphatic heterocycles. The highest BCUT2D eigenvalue weighted by atomic mass is 32.1. The number of thiophene rings is 1. The van der Waals surface area contributed by atoms with Crippen LogP contribution < -0.4 is 5.73 Å². The Hall–Kier alpha value is -2.59. The van der Waals surface area contributed by atoms with E-state index in [0.29, 0.717) is 11.6 Å². The zero-order chi connectivity index (χ0) is 17.8. The highest BCUT2D eigenvalue weighted by molar-refractivity contribution is 7.10. The summed E-state index contributed by atoms with van der Waals surface area (Å²) in [6.07, 6.45) is 4.17. The molecule has 2 bridgehead atoms. The summed E-state index contributed by atoms with van der Waals surface area (Å²) in [5.74, 6) is -0.416. The van der Waals surface area contributed by atoms with E-state index in [-0.39, 0.29) is 23.6 Å². The molecule has 5 nitrogen and oxygen atoms in total. The molecule has 1 aromatic rings. The van der Waals surface area contributed by atoms with Gasteiger partial charge in [0.25, 0.3) is 0 Å². The molecular formula is C19H17N5S. The Balaban J connectivity index is 2.05. The number of allylic oxidation sites excluding steroid dienone is 2. The largest absolute Gasteiger partial charge is 0.399 e. The molecule has 1 saturated heterocycles. The lowest BCUT2D eigenvalue weighted by Crippen LogP contribution is -2.51. The summed E-state index contributed by atoms with van der Waals surface area (Å²) in [5, 5.41) is 31.7. The van der Waals surface area contributed by atoms with Gasteiger partial charge in [-0.3, -0.25) is 4.90 Å². The molecule has 1 fully saturated rings. The maximum Gasteiger partial charge on any atom is 0.192 e. The van der Waals surface area contributed by atoms with E-state index in [0.717, 1.165) is 23.3 Å². The van der Waals surface area contributed by atoms with E-state index in [1.165, 1.54) is 0 Å². The second-order valence-electron chi connectivity index (χ2n) is 6.95. The van der Waals surface area contributed by atoms with Crippen LogP contribution in [0, 0.1) is 45.3 Å². The summed E-state index contributed by atoms with van der Waals surface area (Å²) in [7, 11) is 2.09. The molecule has 4 atom stereocenters. The average Bonchev–Trinajstić information content (AvgIpc) is 3.21. The van der Waals surface area contributed by atoms with Gasteiger partial charge in [-0.2, -0.15) is 15.8 Å². The normalized spacial score (nSPS) is 33.0. The fraction of sp³-hybridized carbons (Fsp3) is 0.421. The molecule has 1 aromatic heterocycles. The van der Waals surface area contributed by atoms with Crippen molar-refractivity contribution in [3.05, 3.63) is 45.3 Å². The molecular weight excluding hydrogens is 330 g/mol. The van der Waals surface area contributed by atoms with Gasteiger partial charge in [0.05, 0.1) is 23.4 Å². The van der Waals surface area contributed by atoms with Crippen molar-refractivity contribution < 1.29 is 0 Å². The van der Waals surface area contributed by atoms with Crippen molar-refractivity contribution in [3.63, 3.8) is 0 Å². The van der Waals surface area contributed by atoms with Gasteiger partial charge < -0.3 is 5.73 Å². The van der Waals surface area contributed by atoms with Crippen LogP contribution in [0.1, 0.15) is 23.6 Å². The summed E-state index contributed by atoms with van der Waals surface area (Å²) in [6.45, 7) is 0. The molecule has 4 rings (SSSR count). The van der Waals surface area contributed by atoms with E-state index < -0.39 is 5.41 Å². The van der Waals surface area contributed by atoms with Crippen LogP contribution in [-0.2, 0) is 0 Å². The first-order chi connectivity index (χ1) is 12.1. The first-order valence-electron chi connectivity index (χ1n) is 8.29. The summed E-state index contributed by atoms with van der Waals surface area (Å²) < 4.78 is 0. The fourth-order valence-corrected chi connectivity index (χ4v) is 5.80. The zero-order valence-electron chi connectivity index (χ0n) is 13.8. The molecule has 2 N–H and O–H groups in total. The van der Waals surface area contributed by atoms with Crippen LogP contribution in [0.5, 0.6) is 0 Å². The van der Waals surface area contributed by atoms with Gasteiger partial charge in [-0.05, 0) is 36.9 Å². The molecule has 0 saturated carbocycles. The standard InChI is InChI=1S/C19H17N5S/c1-24-11-4-5-14(24)16-12(7-11)13(8-20)18(23)19(9-21,10-22)17(16)15-3-2-6-25-15/h2-3,6-7,11,14,16-17H,4-5,23H2,1H3/t11-,14-,16-,17-/m1/s1. The predicted molar refractivity (Wildman–Crippen MR) is 93.7 cm³/mol. The number of nitrogens with zero attached hydrogens (tertiary/aromatic N) is 4. The number of hydrogen-bond donors (Lipinski definition) is 1. The van der Waals surface area contributed by atoms with E-state index in [4.69, 9.17) is 5.73 Å². The highest BCUT2D eigenvalue weighted by Gasteiger charge is 2.58. The van der Waals surface area contributed by atoms with Gasteiger partial charge in [0.1, 0.15) is 6.07 Å². The highest BCUT2D eigenvalue weighted by Crippen LogP contribution is 2.58. The van der Waals surface area contributed by atoms with Crippen molar-refractivity contribution >= 4 is 11.3 Å². The Morgan fingerprint density at radius 3 is 2.64 bits per heavy atom. The Labute approximate surface area is 150 Å². The third-order valence-corrected chi connectivity index (χ3v) is 7.03. The SMILES string of the molecule is CN1[C@@H]2CC[C@@H]1C=C1C(C#N)=C(N)C(C#N)(C#N)[C@H](c3cccs3)[C@H]12. The van der Waals surface area contributed by atoms with Crippen molar-refractivity contribution in [2.24, 2.45) is 17.1 Å². The van der Waals surface area contributed by atoms with Crippen LogP contribution >= 0.6 is 11.3 Å². The number of hydrogen-bond acceptors (Lipinski definition) is 6. The molecule has 0 amide bonds. The fourth-order valence-electron chi connectivity index (χ4n) is 4.86. The number of rotatable bonds is 1. The van der Waals surface area contributed by atoms with Crippen molar-refractivity contribution in [1.82, 2.24) is 4.90 Å². The molecule has 0 radical (unpaired) electrons. The van der Waals surface area contributed by atoms with Gasteiger partial charge in [-0.15, -0.1) is 11.3 Å². The molecule has 3 aliphatic rings. The Morgan fingerprint density at radius 1 is 1.28 bits per heavy atom. The third-order valence-electron chi connectivity index (χ3n) is 6.07. The first kappa shape index (κ1) is 15.9. The Morgan fingerprint density at radius 2 is 2.04 bits per heavy atom. The van der Waals surface area contributed by atoms with Crippen LogP contribution in [-0.4, -0.2) is 24.0 Å². The summed E-state index contributed by atoms with van der Waals surface area (Å²) >= 11 is 1.55. The zero-order valence-corrected chi connectivity index (χ0v) is 14.6. The molecule has 1 aliphatic carbocycles. The van der Waals surface area contributed by atoms with Gasteiger partial charge in [0.15, 0.2) is 5.41 Å². The molecule has 0 unspecified atom stereocenters. The smallest absolute Gasteiger partial charge is 0.192 e. The van der Waals surface area contributed by atoms with Crippen molar-refractivity contribution in [1.29, 1.82) is 15.8 Å². The summed E-state index contributed by atoms with van der Waals surface area (Å²) in [5.41, 5.74) is 6.19. The van der Waals surface area contributed by atoms with Crippen molar-refractivity contribution in [2.45, 2.75) is 30.8 Å². The summed E-state index contributed by atoms with van der Waals surface area (Å²) in [4.78, 5) is 3.31. The van der Waals surface area contributed by atoms with E-state index in [1.807, 2.05) is 17.5 Å². The van der Waals surface area contributed by atoms with Gasteiger partial charge in [0, 0.05) is 28.8 Å². The van der Waals surface area contributed by atoms with E-state index in [2.05, 4.69) is 36.2 Å². The molecule has 0 spiro atoms. The molecule has 25 heavy (non-hydrogen) atoms. The van der Waals surface area contributed by atoms with Crippen molar-refractivity contribution in [3.8, 4) is 18.2 Å². The van der Waals surface area contributed by atoms with Gasteiger partial charge in [0.2, 0.25) is 0 Å². The van der Waals surface area contributed by atoms with E-state index in [9.17, 15) is 15.8 Å². The van der Waals surface area contributed by atoms with Gasteiger partial charge in [-0.1, -0.05) is 12.1 Å².